The Kier molecular flexibility index (Phi) is 52.3. The summed E-state index contributed by atoms with van der Waals surface area (Å²) >= 11 is 0. The monoisotopic (exact) mass is 1790 g/mol. The first-order valence-electron chi connectivity index (χ1n) is 39.1. The van der Waals surface area contributed by atoms with Crippen molar-refractivity contribution in [2.75, 3.05) is 52.4 Å². The van der Waals surface area contributed by atoms with E-state index >= 15 is 0 Å². The van der Waals surface area contributed by atoms with Crippen LogP contribution in [0.1, 0.15) is 163 Å². The van der Waals surface area contributed by atoms with Crippen molar-refractivity contribution < 1.29 is 161 Å². The van der Waals surface area contributed by atoms with Crippen molar-refractivity contribution in [3.05, 3.63) is 240 Å². The van der Waals surface area contributed by atoms with Crippen molar-refractivity contribution in [1.29, 1.82) is 0 Å². The number of carbonyl (C=O) groups is 9. The van der Waals surface area contributed by atoms with E-state index in [4.69, 9.17) is 33.5 Å². The Balaban J connectivity index is 0.00000143. The van der Waals surface area contributed by atoms with Crippen LogP contribution < -0.4 is 10.6 Å². The van der Waals surface area contributed by atoms with Crippen molar-refractivity contribution in [3.63, 3.8) is 0 Å². The van der Waals surface area contributed by atoms with Crippen molar-refractivity contribution in [1.82, 2.24) is 20.4 Å². The summed E-state index contributed by atoms with van der Waals surface area (Å²) in [4.78, 5) is 110. The molecule has 0 amide bonds. The number of benzene rings is 6. The number of carboxylic acid groups (broad SMARTS) is 3. The average molecular weight is 1790 g/mol. The van der Waals surface area contributed by atoms with Crippen molar-refractivity contribution in [2.24, 2.45) is 45.8 Å². The molecule has 119 heavy (non-hydrogen) atoms. The third kappa shape index (κ3) is 41.6. The SMILES string of the molecule is C/C=C/C(=O)O.C/C=C/C(=O)OCc1cc[c-]cc1.CC1CN(Cc2ccccc2)CC1(CC(=O)OC(C)(C)C)C(=O)OCc1cc[c-]cc1.CC1CN(Cc2ccccc2)CC1C(=O)OCc1cc[c-]cc1.CC1CNCC1(CC(=O)OC(C)(C)C)C(=O)O.CCc1cc[c-]cc1.C[C@H]1CNC[C@@]1(CC(=O)OC(C)(C)C)C(=O)O.[V].[V].[V].[V]. The number of hydrogen-bond acceptors (Lipinski definition) is 19. The molecular formula is C93H122N4O18V4-4. The van der Waals surface area contributed by atoms with E-state index in [0.717, 1.165) is 55.4 Å². The first-order chi connectivity index (χ1) is 54.3. The molecule has 6 aromatic rings. The number of carboxylic acids is 3. The van der Waals surface area contributed by atoms with Gasteiger partial charge in [0.05, 0.1) is 61.2 Å². The van der Waals surface area contributed by atoms with Gasteiger partial charge in [0, 0.05) is 139 Å². The zero-order chi connectivity index (χ0) is 85.4. The number of hydrogen-bond donors (Lipinski definition) is 5. The summed E-state index contributed by atoms with van der Waals surface area (Å²) in [6.45, 7) is 36.8. The number of likely N-dealkylation sites (tertiary alicyclic amines) is 2. The molecule has 5 N–H and O–H groups in total. The fraction of sp³-hybridized carbons (Fsp3) is 0.473. The Bertz CT molecular complexity index is 3960. The topological polar surface area (TPSA) is 300 Å². The van der Waals surface area contributed by atoms with Crippen LogP contribution in [0.2, 0.25) is 0 Å². The molecule has 8 atom stereocenters. The predicted molar refractivity (Wildman–Crippen MR) is 440 cm³/mol. The third-order valence-corrected chi connectivity index (χ3v) is 19.3. The van der Waals surface area contributed by atoms with Crippen LogP contribution in [0, 0.1) is 70.1 Å². The van der Waals surface area contributed by atoms with Crippen molar-refractivity contribution in [3.8, 4) is 0 Å². The molecular weight excluding hydrogens is 1660 g/mol. The Morgan fingerprint density at radius 3 is 1.12 bits per heavy atom. The molecule has 646 valence electrons. The van der Waals surface area contributed by atoms with Crippen LogP contribution in [-0.2, 0) is 185 Å². The summed E-state index contributed by atoms with van der Waals surface area (Å²) in [5, 5.41) is 32.5. The van der Waals surface area contributed by atoms with E-state index in [1.54, 1.807) is 85.7 Å². The second-order valence-electron chi connectivity index (χ2n) is 32.4. The summed E-state index contributed by atoms with van der Waals surface area (Å²) in [6.07, 6.45) is 6.59. The number of aliphatic carboxylic acids is 3. The molecule has 0 bridgehead atoms. The number of ether oxygens (including phenoxy) is 6. The number of rotatable bonds is 23. The number of nitrogens with zero attached hydrogens (tertiary/aromatic N) is 2. The molecule has 26 heteroatoms. The summed E-state index contributed by atoms with van der Waals surface area (Å²) < 4.78 is 32.1. The van der Waals surface area contributed by atoms with Gasteiger partial charge in [0.1, 0.15) is 16.8 Å². The van der Waals surface area contributed by atoms with Crippen LogP contribution in [0.5, 0.6) is 0 Å². The minimum Gasteiger partial charge on any atom is -0.481 e. The van der Waals surface area contributed by atoms with E-state index in [2.05, 4.69) is 107 Å². The summed E-state index contributed by atoms with van der Waals surface area (Å²) in [7, 11) is 0. The van der Waals surface area contributed by atoms with Crippen LogP contribution in [0.3, 0.4) is 0 Å². The number of aryl methyl sites for hydroxylation is 1. The van der Waals surface area contributed by atoms with E-state index in [0.29, 0.717) is 58.4 Å². The Hall–Kier alpha value is -7.79. The number of esters is 6. The van der Waals surface area contributed by atoms with Crippen LogP contribution in [0.25, 0.3) is 0 Å². The minimum absolute atomic E-state index is 0. The third-order valence-electron chi connectivity index (χ3n) is 19.3. The van der Waals surface area contributed by atoms with Gasteiger partial charge in [0.25, 0.3) is 0 Å². The molecule has 6 unspecified atom stereocenters. The molecule has 0 aromatic heterocycles. The maximum atomic E-state index is 13.4. The van der Waals surface area contributed by atoms with Crippen LogP contribution in [0.15, 0.2) is 182 Å². The molecule has 4 aliphatic rings. The number of carbonyl (C=O) groups excluding carboxylic acids is 6. The van der Waals surface area contributed by atoms with Gasteiger partial charge in [-0.25, -0.2) is 9.59 Å². The Morgan fingerprint density at radius 2 is 0.798 bits per heavy atom. The molecule has 10 rings (SSSR count). The van der Waals surface area contributed by atoms with Gasteiger partial charge < -0.3 is 54.4 Å². The van der Waals surface area contributed by atoms with Gasteiger partial charge in [-0.05, 0) is 124 Å². The fourth-order valence-electron chi connectivity index (χ4n) is 13.2. The van der Waals surface area contributed by atoms with Crippen molar-refractivity contribution in [2.45, 2.75) is 186 Å². The summed E-state index contributed by atoms with van der Waals surface area (Å²) in [5.41, 5.74) is 1.97. The van der Waals surface area contributed by atoms with Gasteiger partial charge in [-0.15, -0.1) is 16.7 Å². The van der Waals surface area contributed by atoms with E-state index in [1.807, 2.05) is 126 Å². The van der Waals surface area contributed by atoms with E-state index in [1.165, 1.54) is 28.8 Å². The molecule has 6 aromatic carbocycles. The first kappa shape index (κ1) is 111. The standard InChI is InChI=1S/C26H32NO4.C20H22NO2.2C12H21NO4.C11H11O2.C8H9.C4H6O2.4V/c1-20-16-27(17-21-11-7-5-8-12-21)19-26(20,15-23(28)31-25(2,3)4)24(29)30-18-22-13-9-6-10-14-22;1-16-12-21(13-17-8-4-2-5-9-17)14-19(16)20(22)23-15-18-10-6-3-7-11-18;2*1-8-6-13-7-12(8,10(15)16)5-9(14)17-11(2,3)4;1-2-6-11(12)13-9-10-7-4-3-5-8-10;1-2-8-6-4-3-5-7-8;1-2-3-4(5)6;;;;/h5,7-14,20H,15-19H2,1-4H3;2,4-11,16,19H,12-15H2,1H3;2*8,13H,5-7H2,1-4H3,(H,15,16);2,4-8H,9H2,1H3;4-7H,2H2,1H3;2-3H,1H3,(H,5,6);;;;/q2*-1;;;2*-1;;;;;/b;;;;6-2+;;3-2+;;;;/t;;8-,12+;;;;;;;;/m..0......../s1. The average Bonchev–Trinajstić information content (AvgIpc) is 1.64. The molecule has 0 spiro atoms. The maximum absolute atomic E-state index is 13.4. The predicted octanol–water partition coefficient (Wildman–Crippen LogP) is 14.5. The molecule has 0 saturated carbocycles. The molecule has 22 nitrogen and oxygen atoms in total. The van der Waals surface area contributed by atoms with E-state index in [-0.39, 0.29) is 148 Å². The Labute approximate surface area is 753 Å². The normalized spacial score (nSPS) is 20.3. The first-order valence-corrected chi connectivity index (χ1v) is 39.1. The van der Waals surface area contributed by atoms with Crippen LogP contribution in [-0.4, -0.2) is 148 Å². The fourth-order valence-corrected chi connectivity index (χ4v) is 13.2. The van der Waals surface area contributed by atoms with Gasteiger partial charge in [0.2, 0.25) is 0 Å². The summed E-state index contributed by atoms with van der Waals surface area (Å²) in [5.74, 6) is -4.65. The van der Waals surface area contributed by atoms with E-state index in [9.17, 15) is 53.4 Å². The minimum atomic E-state index is -1.03. The van der Waals surface area contributed by atoms with Gasteiger partial charge in [-0.2, -0.15) is 127 Å². The molecule has 0 aliphatic carbocycles. The molecule has 4 heterocycles. The van der Waals surface area contributed by atoms with Crippen LogP contribution >= 0.6 is 0 Å². The Morgan fingerprint density at radius 1 is 0.445 bits per heavy atom. The zero-order valence-electron chi connectivity index (χ0n) is 71.9. The second-order valence-corrected chi connectivity index (χ2v) is 32.4. The smallest absolute Gasteiger partial charge is 0.330 e. The molecule has 4 radical (unpaired) electrons. The van der Waals surface area contributed by atoms with Gasteiger partial charge >= 0.3 is 53.7 Å². The van der Waals surface area contributed by atoms with Gasteiger partial charge in [-0.3, -0.25) is 43.4 Å². The van der Waals surface area contributed by atoms with Gasteiger partial charge in [-0.1, -0.05) is 114 Å². The molecule has 4 saturated heterocycles. The number of nitrogens with one attached hydrogen (secondary N) is 2. The summed E-state index contributed by atoms with van der Waals surface area (Å²) in [6, 6.07) is 62.5. The van der Waals surface area contributed by atoms with E-state index < -0.39 is 62.9 Å². The van der Waals surface area contributed by atoms with Crippen molar-refractivity contribution >= 4 is 53.7 Å². The molecule has 4 aliphatic heterocycles. The quantitative estimate of drug-likeness (QED) is 0.0172. The second kappa shape index (κ2) is 56.0. The maximum Gasteiger partial charge on any atom is 0.330 e. The largest absolute Gasteiger partial charge is 0.481 e. The van der Waals surface area contributed by atoms with Gasteiger partial charge in [0.15, 0.2) is 0 Å². The number of allylic oxidation sites excluding steroid dienone is 2. The van der Waals surface area contributed by atoms with Crippen LogP contribution in [0.4, 0.5) is 0 Å². The zero-order valence-corrected chi connectivity index (χ0v) is 77.5. The molecule has 4 fully saturated rings.